The van der Waals surface area contributed by atoms with Gasteiger partial charge in [-0.25, -0.2) is 0 Å². The van der Waals surface area contributed by atoms with Gasteiger partial charge in [0.15, 0.2) is 0 Å². The van der Waals surface area contributed by atoms with Crippen molar-refractivity contribution in [2.45, 2.75) is 12.3 Å². The summed E-state index contributed by atoms with van der Waals surface area (Å²) in [6.45, 7) is 0. The third kappa shape index (κ3) is 4.80. The number of thiophene rings is 1. The van der Waals surface area contributed by atoms with Gasteiger partial charge in [0, 0.05) is 38.2 Å². The molecule has 0 fully saturated rings. The Labute approximate surface area is 117 Å². The molecule has 0 N–H and O–H groups in total. The summed E-state index contributed by atoms with van der Waals surface area (Å²) < 4.78 is 43.5. The monoisotopic (exact) mass is 328 g/mol. The van der Waals surface area contributed by atoms with Gasteiger partial charge in [0.1, 0.15) is 0 Å². The van der Waals surface area contributed by atoms with Gasteiger partial charge < -0.3 is 18.1 Å². The van der Waals surface area contributed by atoms with Gasteiger partial charge in [0.2, 0.25) is 0 Å². The molecule has 0 aliphatic carbocycles. The summed E-state index contributed by atoms with van der Waals surface area (Å²) in [5.74, 6) is 0. The van der Waals surface area contributed by atoms with E-state index in [1.807, 2.05) is 0 Å². The lowest BCUT2D eigenvalue weighted by molar-refractivity contribution is 0.274. The smallest absolute Gasteiger partial charge is 0.312 e. The molecule has 0 bridgehead atoms. The van der Waals surface area contributed by atoms with Crippen molar-refractivity contribution in [2.24, 2.45) is 0 Å². The van der Waals surface area contributed by atoms with Crippen LogP contribution >= 0.6 is 26.5 Å². The quantitative estimate of drug-likeness (QED) is 0.677. The summed E-state index contributed by atoms with van der Waals surface area (Å²) in [6.07, 6.45) is 0.379. The summed E-state index contributed by atoms with van der Waals surface area (Å²) in [5.41, 5.74) is 0. The molecule has 0 unspecified atom stereocenters. The minimum atomic E-state index is -3.08. The van der Waals surface area contributed by atoms with Crippen LogP contribution in [0.25, 0.3) is 0 Å². The maximum Gasteiger partial charge on any atom is 0.335 e. The molecule has 19 heavy (non-hydrogen) atoms. The van der Waals surface area contributed by atoms with E-state index in [2.05, 4.69) is 0 Å². The molecule has 0 aliphatic rings. The molecule has 0 aromatic carbocycles. The molecule has 110 valence electrons. The van der Waals surface area contributed by atoms with Gasteiger partial charge >= 0.3 is 15.2 Å². The van der Waals surface area contributed by atoms with Crippen LogP contribution in [0.5, 0.6) is 0 Å². The predicted octanol–water partition coefficient (Wildman–Crippen LogP) is 3.72. The highest BCUT2D eigenvalue weighted by molar-refractivity contribution is 7.54. The lowest BCUT2D eigenvalue weighted by Gasteiger charge is -2.12. The first-order valence-electron chi connectivity index (χ1n) is 5.39. The van der Waals surface area contributed by atoms with Crippen molar-refractivity contribution >= 4 is 26.5 Å². The van der Waals surface area contributed by atoms with Crippen molar-refractivity contribution in [3.05, 3.63) is 21.9 Å². The van der Waals surface area contributed by atoms with E-state index in [9.17, 15) is 9.13 Å². The predicted molar refractivity (Wildman–Crippen MR) is 75.0 cm³/mol. The van der Waals surface area contributed by atoms with E-state index in [0.29, 0.717) is 0 Å². The number of rotatable bonds is 8. The van der Waals surface area contributed by atoms with Crippen LogP contribution in [-0.2, 0) is 39.5 Å². The maximum absolute atomic E-state index is 12.0. The Hall–Kier alpha value is -0.0000000000000000486. The molecule has 0 atom stereocenters. The Bertz CT molecular complexity index is 441. The van der Waals surface area contributed by atoms with Crippen LogP contribution in [0.15, 0.2) is 12.1 Å². The van der Waals surface area contributed by atoms with E-state index in [0.717, 1.165) is 9.75 Å². The summed E-state index contributed by atoms with van der Waals surface area (Å²) >= 11 is 1.38. The minimum absolute atomic E-state index is 0.189. The third-order valence-electron chi connectivity index (χ3n) is 2.53. The van der Waals surface area contributed by atoms with Crippen LogP contribution in [0, 0.1) is 0 Å². The Kier molecular flexibility index (Phi) is 6.40. The second-order valence-corrected chi connectivity index (χ2v) is 9.43. The molecule has 1 heterocycles. The summed E-state index contributed by atoms with van der Waals surface area (Å²) in [7, 11) is -0.752. The second-order valence-electron chi connectivity index (χ2n) is 3.64. The molecule has 6 nitrogen and oxygen atoms in total. The fraction of sp³-hybridized carbons (Fsp3) is 0.600. The van der Waals surface area contributed by atoms with E-state index < -0.39 is 15.2 Å². The van der Waals surface area contributed by atoms with Crippen LogP contribution in [-0.4, -0.2) is 28.4 Å². The highest BCUT2D eigenvalue weighted by atomic mass is 32.1. The van der Waals surface area contributed by atoms with Gasteiger partial charge in [-0.2, -0.15) is 0 Å². The SMILES string of the molecule is COP(=O)(Cc1ccc(CP(=O)(OC)OC)s1)OC. The normalized spacial score (nSPS) is 12.8. The molecular weight excluding hydrogens is 310 g/mol. The van der Waals surface area contributed by atoms with Crippen LogP contribution in [0.1, 0.15) is 9.75 Å². The largest absolute Gasteiger partial charge is 0.335 e. The fourth-order valence-corrected chi connectivity index (χ4v) is 5.24. The first-order chi connectivity index (χ1) is 8.90. The van der Waals surface area contributed by atoms with Crippen LogP contribution < -0.4 is 0 Å². The lowest BCUT2D eigenvalue weighted by Crippen LogP contribution is -1.91. The molecule has 0 amide bonds. The molecular formula is C10H18O6P2S. The molecule has 0 saturated heterocycles. The van der Waals surface area contributed by atoms with Crippen LogP contribution in [0.3, 0.4) is 0 Å². The van der Waals surface area contributed by atoms with E-state index in [-0.39, 0.29) is 12.3 Å². The van der Waals surface area contributed by atoms with Gasteiger partial charge in [0.25, 0.3) is 0 Å². The maximum atomic E-state index is 12.0. The van der Waals surface area contributed by atoms with E-state index in [1.54, 1.807) is 12.1 Å². The molecule has 1 rings (SSSR count). The third-order valence-corrected chi connectivity index (χ3v) is 7.72. The highest BCUT2D eigenvalue weighted by Crippen LogP contribution is 2.53. The standard InChI is InChI=1S/C10H18O6P2S/c1-13-17(11,14-2)7-9-5-6-10(19-9)8-18(12,15-3)16-4/h5-6H,7-8H2,1-4H3. The minimum Gasteiger partial charge on any atom is -0.312 e. The molecule has 0 saturated carbocycles. The van der Waals surface area contributed by atoms with Gasteiger partial charge in [-0.1, -0.05) is 0 Å². The first kappa shape index (κ1) is 17.1. The molecule has 0 aliphatic heterocycles. The zero-order chi connectivity index (χ0) is 14.5. The van der Waals surface area contributed by atoms with Crippen molar-refractivity contribution in [1.29, 1.82) is 0 Å². The van der Waals surface area contributed by atoms with Crippen molar-refractivity contribution in [3.8, 4) is 0 Å². The Morgan fingerprint density at radius 2 is 1.16 bits per heavy atom. The summed E-state index contributed by atoms with van der Waals surface area (Å²) in [4.78, 5) is 1.67. The van der Waals surface area contributed by atoms with Gasteiger partial charge in [0.05, 0.1) is 12.3 Å². The van der Waals surface area contributed by atoms with Crippen LogP contribution in [0.4, 0.5) is 0 Å². The average Bonchev–Trinajstić information content (AvgIpc) is 2.85. The first-order valence-corrected chi connectivity index (χ1v) is 9.66. The molecule has 1 aromatic heterocycles. The van der Waals surface area contributed by atoms with Crippen LogP contribution in [0.2, 0.25) is 0 Å². The van der Waals surface area contributed by atoms with Crippen molar-refractivity contribution in [3.63, 3.8) is 0 Å². The van der Waals surface area contributed by atoms with Crippen molar-refractivity contribution < 1.29 is 27.2 Å². The number of hydrogen-bond donors (Lipinski definition) is 0. The average molecular weight is 328 g/mol. The lowest BCUT2D eigenvalue weighted by atomic mass is 10.5. The van der Waals surface area contributed by atoms with Gasteiger partial charge in [-0.05, 0) is 12.1 Å². The van der Waals surface area contributed by atoms with E-state index in [1.165, 1.54) is 39.8 Å². The zero-order valence-corrected chi connectivity index (χ0v) is 13.9. The zero-order valence-electron chi connectivity index (χ0n) is 11.3. The topological polar surface area (TPSA) is 71.1 Å². The highest BCUT2D eigenvalue weighted by Gasteiger charge is 2.25. The Balaban J connectivity index is 2.78. The Morgan fingerprint density at radius 1 is 0.842 bits per heavy atom. The molecule has 9 heteroatoms. The molecule has 0 radical (unpaired) electrons. The number of hydrogen-bond acceptors (Lipinski definition) is 7. The molecule has 1 aromatic rings. The van der Waals surface area contributed by atoms with Crippen molar-refractivity contribution in [1.82, 2.24) is 0 Å². The van der Waals surface area contributed by atoms with E-state index >= 15 is 0 Å². The van der Waals surface area contributed by atoms with Gasteiger partial charge in [-0.15, -0.1) is 11.3 Å². The second kappa shape index (κ2) is 7.14. The van der Waals surface area contributed by atoms with Gasteiger partial charge in [-0.3, -0.25) is 9.13 Å². The molecule has 0 spiro atoms. The fourth-order valence-electron chi connectivity index (χ4n) is 1.38. The Morgan fingerprint density at radius 3 is 1.42 bits per heavy atom. The van der Waals surface area contributed by atoms with E-state index in [4.69, 9.17) is 18.1 Å². The summed E-state index contributed by atoms with van der Waals surface area (Å²) in [6, 6.07) is 3.61. The van der Waals surface area contributed by atoms with Crippen molar-refractivity contribution in [2.75, 3.05) is 28.4 Å². The summed E-state index contributed by atoms with van der Waals surface area (Å²) in [5, 5.41) is 0.